The third kappa shape index (κ3) is 3.18. The van der Waals surface area contributed by atoms with Gasteiger partial charge >= 0.3 is 0 Å². The van der Waals surface area contributed by atoms with Gasteiger partial charge in [-0.05, 0) is 50.5 Å². The lowest BCUT2D eigenvalue weighted by molar-refractivity contribution is 0.174. The van der Waals surface area contributed by atoms with Gasteiger partial charge in [0.2, 0.25) is 0 Å². The Kier molecular flexibility index (Phi) is 4.17. The van der Waals surface area contributed by atoms with E-state index in [0.717, 1.165) is 16.0 Å². The first-order valence-corrected chi connectivity index (χ1v) is 6.64. The molecule has 2 aromatic heterocycles. The molecule has 0 aliphatic rings. The van der Waals surface area contributed by atoms with Crippen LogP contribution in [0.25, 0.3) is 0 Å². The van der Waals surface area contributed by atoms with Crippen LogP contribution in [0.1, 0.15) is 17.4 Å². The number of halogens is 1. The molecule has 2 rings (SSSR count). The number of hydrogen-bond donors (Lipinski definition) is 2. The Morgan fingerprint density at radius 1 is 1.44 bits per heavy atom. The van der Waals surface area contributed by atoms with Crippen molar-refractivity contribution in [1.29, 1.82) is 0 Å². The lowest BCUT2D eigenvalue weighted by Crippen LogP contribution is -2.20. The van der Waals surface area contributed by atoms with Gasteiger partial charge in [-0.3, -0.25) is 0 Å². The molecule has 0 aromatic carbocycles. The van der Waals surface area contributed by atoms with E-state index >= 15 is 0 Å². The third-order valence-corrected chi connectivity index (χ3v) is 3.32. The average Bonchev–Trinajstić information content (AvgIpc) is 2.89. The second-order valence-electron chi connectivity index (χ2n) is 3.41. The molecule has 86 valence electrons. The molecule has 0 radical (unpaired) electrons. The van der Waals surface area contributed by atoms with Crippen molar-refractivity contribution in [3.8, 4) is 0 Å². The van der Waals surface area contributed by atoms with Gasteiger partial charge in [-0.25, -0.2) is 0 Å². The minimum Gasteiger partial charge on any atom is -0.453 e. The van der Waals surface area contributed by atoms with E-state index < -0.39 is 6.10 Å². The SMILES string of the molecule is OC(CNCc1ccc(Br)o1)c1ccsc1. The molecule has 0 amide bonds. The summed E-state index contributed by atoms with van der Waals surface area (Å²) in [5.74, 6) is 0.851. The van der Waals surface area contributed by atoms with Crippen molar-refractivity contribution in [2.75, 3.05) is 6.54 Å². The summed E-state index contributed by atoms with van der Waals surface area (Å²) in [4.78, 5) is 0. The van der Waals surface area contributed by atoms with Crippen LogP contribution in [0, 0.1) is 0 Å². The summed E-state index contributed by atoms with van der Waals surface area (Å²) in [7, 11) is 0. The number of furan rings is 1. The first kappa shape index (κ1) is 11.9. The van der Waals surface area contributed by atoms with E-state index in [1.165, 1.54) is 0 Å². The highest BCUT2D eigenvalue weighted by Crippen LogP contribution is 2.16. The van der Waals surface area contributed by atoms with E-state index in [1.807, 2.05) is 29.0 Å². The summed E-state index contributed by atoms with van der Waals surface area (Å²) in [5.41, 5.74) is 0.957. The van der Waals surface area contributed by atoms with Gasteiger partial charge < -0.3 is 14.8 Å². The maximum absolute atomic E-state index is 9.80. The Morgan fingerprint density at radius 3 is 2.94 bits per heavy atom. The number of thiophene rings is 1. The fraction of sp³-hybridized carbons (Fsp3) is 0.273. The lowest BCUT2D eigenvalue weighted by atomic mass is 10.2. The number of aliphatic hydroxyl groups excluding tert-OH is 1. The highest BCUT2D eigenvalue weighted by molar-refractivity contribution is 9.10. The Balaban J connectivity index is 1.76. The highest BCUT2D eigenvalue weighted by Gasteiger charge is 2.07. The van der Waals surface area contributed by atoms with Gasteiger partial charge in [-0.15, -0.1) is 0 Å². The fourth-order valence-corrected chi connectivity index (χ4v) is 2.41. The van der Waals surface area contributed by atoms with Gasteiger partial charge in [0.15, 0.2) is 4.67 Å². The quantitative estimate of drug-likeness (QED) is 0.892. The number of nitrogens with one attached hydrogen (secondary N) is 1. The molecule has 1 atom stereocenters. The molecule has 0 aliphatic heterocycles. The predicted molar refractivity (Wildman–Crippen MR) is 67.4 cm³/mol. The summed E-state index contributed by atoms with van der Waals surface area (Å²) < 4.78 is 6.06. The topological polar surface area (TPSA) is 45.4 Å². The Bertz CT molecular complexity index is 427. The molecule has 0 fully saturated rings. The van der Waals surface area contributed by atoms with Crippen LogP contribution in [-0.4, -0.2) is 11.7 Å². The first-order chi connectivity index (χ1) is 7.75. The summed E-state index contributed by atoms with van der Waals surface area (Å²) in [5, 5.41) is 16.9. The van der Waals surface area contributed by atoms with Crippen LogP contribution in [0.5, 0.6) is 0 Å². The molecule has 5 heteroatoms. The fourth-order valence-electron chi connectivity index (χ4n) is 1.36. The van der Waals surface area contributed by atoms with Crippen LogP contribution in [0.15, 0.2) is 38.0 Å². The molecule has 2 aromatic rings. The predicted octanol–water partition coefficient (Wildman–Crippen LogP) is 2.93. The number of rotatable bonds is 5. The molecule has 2 N–H and O–H groups in total. The van der Waals surface area contributed by atoms with Gasteiger partial charge in [0.1, 0.15) is 5.76 Å². The summed E-state index contributed by atoms with van der Waals surface area (Å²) >= 11 is 4.83. The Labute approximate surface area is 106 Å². The van der Waals surface area contributed by atoms with E-state index in [1.54, 1.807) is 11.3 Å². The van der Waals surface area contributed by atoms with Gasteiger partial charge in [0, 0.05) is 6.54 Å². The van der Waals surface area contributed by atoms with E-state index in [2.05, 4.69) is 21.2 Å². The molecule has 3 nitrogen and oxygen atoms in total. The lowest BCUT2D eigenvalue weighted by Gasteiger charge is -2.09. The number of aliphatic hydroxyl groups is 1. The van der Waals surface area contributed by atoms with Crippen molar-refractivity contribution in [2.24, 2.45) is 0 Å². The molecular weight excluding hydrogens is 290 g/mol. The normalized spacial score (nSPS) is 12.9. The molecule has 0 spiro atoms. The molecule has 0 bridgehead atoms. The van der Waals surface area contributed by atoms with Crippen molar-refractivity contribution < 1.29 is 9.52 Å². The van der Waals surface area contributed by atoms with Gasteiger partial charge in [0.05, 0.1) is 12.6 Å². The molecule has 1 unspecified atom stereocenters. The van der Waals surface area contributed by atoms with Crippen molar-refractivity contribution in [2.45, 2.75) is 12.6 Å². The van der Waals surface area contributed by atoms with Gasteiger partial charge in [-0.2, -0.15) is 11.3 Å². The van der Waals surface area contributed by atoms with Gasteiger partial charge in [-0.1, -0.05) is 0 Å². The second kappa shape index (κ2) is 5.63. The second-order valence-corrected chi connectivity index (χ2v) is 4.97. The van der Waals surface area contributed by atoms with Crippen molar-refractivity contribution in [1.82, 2.24) is 5.32 Å². The Hall–Kier alpha value is -0.620. The summed E-state index contributed by atoms with van der Waals surface area (Å²) in [6, 6.07) is 5.68. The van der Waals surface area contributed by atoms with Crippen molar-refractivity contribution in [3.05, 3.63) is 45.0 Å². The van der Waals surface area contributed by atoms with E-state index in [-0.39, 0.29) is 0 Å². The maximum atomic E-state index is 9.80. The zero-order chi connectivity index (χ0) is 11.4. The van der Waals surface area contributed by atoms with Crippen LogP contribution in [-0.2, 0) is 6.54 Å². The van der Waals surface area contributed by atoms with Crippen LogP contribution < -0.4 is 5.32 Å². The molecule has 16 heavy (non-hydrogen) atoms. The maximum Gasteiger partial charge on any atom is 0.169 e. The van der Waals surface area contributed by atoms with E-state index in [9.17, 15) is 5.11 Å². The smallest absolute Gasteiger partial charge is 0.169 e. The minimum absolute atomic E-state index is 0.454. The average molecular weight is 302 g/mol. The van der Waals surface area contributed by atoms with E-state index in [0.29, 0.717) is 13.1 Å². The molecular formula is C11H12BrNO2S. The van der Waals surface area contributed by atoms with Crippen molar-refractivity contribution in [3.63, 3.8) is 0 Å². The largest absolute Gasteiger partial charge is 0.453 e. The van der Waals surface area contributed by atoms with Crippen LogP contribution in [0.3, 0.4) is 0 Å². The monoisotopic (exact) mass is 301 g/mol. The van der Waals surface area contributed by atoms with Crippen molar-refractivity contribution >= 4 is 27.3 Å². The van der Waals surface area contributed by atoms with Gasteiger partial charge in [0.25, 0.3) is 0 Å². The van der Waals surface area contributed by atoms with Crippen LogP contribution in [0.4, 0.5) is 0 Å². The summed E-state index contributed by atoms with van der Waals surface area (Å²) in [6.07, 6.45) is -0.454. The van der Waals surface area contributed by atoms with Crippen LogP contribution in [0.2, 0.25) is 0 Å². The minimum atomic E-state index is -0.454. The highest BCUT2D eigenvalue weighted by atomic mass is 79.9. The molecule has 2 heterocycles. The molecule has 0 saturated heterocycles. The summed E-state index contributed by atoms with van der Waals surface area (Å²) in [6.45, 7) is 1.14. The van der Waals surface area contributed by atoms with E-state index in [4.69, 9.17) is 4.42 Å². The zero-order valence-electron chi connectivity index (χ0n) is 8.52. The van der Waals surface area contributed by atoms with Crippen LogP contribution >= 0.6 is 27.3 Å². The Morgan fingerprint density at radius 2 is 2.31 bits per heavy atom. The molecule has 0 aliphatic carbocycles. The number of hydrogen-bond acceptors (Lipinski definition) is 4. The third-order valence-electron chi connectivity index (χ3n) is 2.19. The zero-order valence-corrected chi connectivity index (χ0v) is 10.9. The first-order valence-electron chi connectivity index (χ1n) is 4.91. The standard InChI is InChI=1S/C11H12BrNO2S/c12-11-2-1-9(15-11)5-13-6-10(14)8-3-4-16-7-8/h1-4,7,10,13-14H,5-6H2. The molecule has 0 saturated carbocycles.